The summed E-state index contributed by atoms with van der Waals surface area (Å²) >= 11 is 0. The molecule has 0 aliphatic heterocycles. The normalized spacial score (nSPS) is 20.7. The van der Waals surface area contributed by atoms with Gasteiger partial charge in [0, 0.05) is 30.5 Å². The first kappa shape index (κ1) is 16.5. The monoisotopic (exact) mass is 325 g/mol. The molecule has 1 aromatic heterocycles. The van der Waals surface area contributed by atoms with Crippen LogP contribution in [0.1, 0.15) is 36.9 Å². The summed E-state index contributed by atoms with van der Waals surface area (Å²) in [5.74, 6) is 0. The molecule has 0 unspecified atom stereocenters. The van der Waals surface area contributed by atoms with Gasteiger partial charge in [-0.05, 0) is 43.0 Å². The summed E-state index contributed by atoms with van der Waals surface area (Å²) in [6.45, 7) is 2.45. The Balaban J connectivity index is 1.34. The zero-order valence-corrected chi connectivity index (χ0v) is 13.8. The first-order chi connectivity index (χ1) is 11.7. The van der Waals surface area contributed by atoms with Crippen LogP contribution in [0.2, 0.25) is 0 Å². The molecule has 0 spiro atoms. The predicted molar refractivity (Wildman–Crippen MR) is 92.4 cm³/mol. The number of nitrogens with zero attached hydrogens (tertiary/aromatic N) is 1. The summed E-state index contributed by atoms with van der Waals surface area (Å²) in [5.41, 5.74) is 2.22. The molecule has 1 aliphatic rings. The molecule has 0 radical (unpaired) electrons. The fourth-order valence-corrected chi connectivity index (χ4v) is 2.91. The number of ether oxygens (including phenoxy) is 1. The lowest BCUT2D eigenvalue weighted by Gasteiger charge is -2.37. The topological polar surface area (TPSA) is 63.2 Å². The van der Waals surface area contributed by atoms with Gasteiger partial charge < -0.3 is 15.4 Å². The molecule has 5 nitrogen and oxygen atoms in total. The van der Waals surface area contributed by atoms with Gasteiger partial charge in [0.1, 0.15) is 6.61 Å². The molecule has 1 saturated carbocycles. The number of rotatable bonds is 6. The summed E-state index contributed by atoms with van der Waals surface area (Å²) < 4.78 is 5.24. The Kier molecular flexibility index (Phi) is 5.43. The second-order valence-corrected chi connectivity index (χ2v) is 6.24. The maximum atomic E-state index is 11.8. The molecule has 2 N–H and O–H groups in total. The predicted octanol–water partition coefficient (Wildman–Crippen LogP) is 3.19. The molecule has 3 rings (SSSR count). The van der Waals surface area contributed by atoms with Gasteiger partial charge in [-0.3, -0.25) is 4.98 Å². The number of aromatic nitrogens is 1. The van der Waals surface area contributed by atoms with Crippen molar-refractivity contribution in [2.24, 2.45) is 0 Å². The van der Waals surface area contributed by atoms with Crippen LogP contribution in [0.5, 0.6) is 0 Å². The molecule has 1 heterocycles. The minimum absolute atomic E-state index is 0.190. The van der Waals surface area contributed by atoms with Crippen molar-refractivity contribution in [2.75, 3.05) is 0 Å². The van der Waals surface area contributed by atoms with Gasteiger partial charge in [-0.25, -0.2) is 4.79 Å². The van der Waals surface area contributed by atoms with Crippen LogP contribution in [0.25, 0.3) is 0 Å². The van der Waals surface area contributed by atoms with Crippen LogP contribution in [-0.4, -0.2) is 23.2 Å². The third-order valence-electron chi connectivity index (χ3n) is 4.36. The average molecular weight is 325 g/mol. The fourth-order valence-electron chi connectivity index (χ4n) is 2.91. The minimum Gasteiger partial charge on any atom is -0.445 e. The highest BCUT2D eigenvalue weighted by atomic mass is 16.5. The molecular weight excluding hydrogens is 302 g/mol. The van der Waals surface area contributed by atoms with Gasteiger partial charge in [-0.15, -0.1) is 0 Å². The van der Waals surface area contributed by atoms with E-state index in [-0.39, 0.29) is 18.2 Å². The minimum atomic E-state index is -0.343. The molecule has 24 heavy (non-hydrogen) atoms. The smallest absolute Gasteiger partial charge is 0.407 e. The van der Waals surface area contributed by atoms with Crippen LogP contribution in [0, 0.1) is 0 Å². The van der Waals surface area contributed by atoms with E-state index >= 15 is 0 Å². The lowest BCUT2D eigenvalue weighted by molar-refractivity contribution is 0.124. The van der Waals surface area contributed by atoms with Crippen molar-refractivity contribution in [3.63, 3.8) is 0 Å². The number of carbonyl (C=O) groups excluding carboxylic acids is 1. The number of hydrogen-bond donors (Lipinski definition) is 2. The van der Waals surface area contributed by atoms with Gasteiger partial charge >= 0.3 is 6.09 Å². The van der Waals surface area contributed by atoms with Crippen LogP contribution in [0.3, 0.4) is 0 Å². The van der Waals surface area contributed by atoms with E-state index in [1.807, 2.05) is 42.5 Å². The number of pyridine rings is 1. The van der Waals surface area contributed by atoms with E-state index in [0.29, 0.717) is 12.6 Å². The van der Waals surface area contributed by atoms with E-state index in [1.165, 1.54) is 5.56 Å². The average Bonchev–Trinajstić information content (AvgIpc) is 2.59. The Labute approximate surface area is 142 Å². The Bertz CT molecular complexity index is 642. The molecule has 1 fully saturated rings. The zero-order valence-electron chi connectivity index (χ0n) is 13.8. The number of nitrogens with one attached hydrogen (secondary N) is 2. The fraction of sp³-hybridized carbons (Fsp3) is 0.368. The molecule has 1 aliphatic carbocycles. The lowest BCUT2D eigenvalue weighted by atomic mass is 9.86. The summed E-state index contributed by atoms with van der Waals surface area (Å²) in [7, 11) is 0. The Morgan fingerprint density at radius 3 is 2.58 bits per heavy atom. The first-order valence-electron chi connectivity index (χ1n) is 8.34. The van der Waals surface area contributed by atoms with Crippen molar-refractivity contribution in [2.45, 2.75) is 44.5 Å². The van der Waals surface area contributed by atoms with E-state index in [1.54, 1.807) is 12.4 Å². The van der Waals surface area contributed by atoms with Gasteiger partial charge in [0.25, 0.3) is 0 Å². The third-order valence-corrected chi connectivity index (χ3v) is 4.36. The highest BCUT2D eigenvalue weighted by Crippen LogP contribution is 2.23. The first-order valence-corrected chi connectivity index (χ1v) is 8.34. The van der Waals surface area contributed by atoms with Gasteiger partial charge in [-0.2, -0.15) is 0 Å². The van der Waals surface area contributed by atoms with Crippen LogP contribution >= 0.6 is 0 Å². The van der Waals surface area contributed by atoms with Crippen LogP contribution in [0.4, 0.5) is 4.79 Å². The number of benzene rings is 1. The maximum Gasteiger partial charge on any atom is 0.407 e. The van der Waals surface area contributed by atoms with Gasteiger partial charge in [0.15, 0.2) is 0 Å². The lowest BCUT2D eigenvalue weighted by Crippen LogP contribution is -2.52. The van der Waals surface area contributed by atoms with E-state index in [9.17, 15) is 4.79 Å². The molecule has 0 saturated heterocycles. The maximum absolute atomic E-state index is 11.8. The van der Waals surface area contributed by atoms with Crippen molar-refractivity contribution < 1.29 is 9.53 Å². The second kappa shape index (κ2) is 7.93. The van der Waals surface area contributed by atoms with Crippen molar-refractivity contribution in [1.82, 2.24) is 15.6 Å². The number of alkyl carbamates (subject to hydrolysis) is 1. The molecule has 1 amide bonds. The molecule has 1 aromatic carbocycles. The molecule has 5 heteroatoms. The van der Waals surface area contributed by atoms with E-state index < -0.39 is 0 Å². The molecule has 1 atom stereocenters. The van der Waals surface area contributed by atoms with E-state index in [2.05, 4.69) is 22.5 Å². The Hall–Kier alpha value is -2.40. The van der Waals surface area contributed by atoms with Crippen molar-refractivity contribution in [3.8, 4) is 0 Å². The van der Waals surface area contributed by atoms with Gasteiger partial charge in [0.2, 0.25) is 0 Å². The van der Waals surface area contributed by atoms with E-state index in [4.69, 9.17) is 4.74 Å². The highest BCUT2D eigenvalue weighted by Gasteiger charge is 2.31. The van der Waals surface area contributed by atoms with Crippen molar-refractivity contribution in [1.29, 1.82) is 0 Å². The summed E-state index contributed by atoms with van der Waals surface area (Å²) in [4.78, 5) is 15.8. The number of carbonyl (C=O) groups is 1. The SMILES string of the molecule is C[C@H](NC1CC(NC(=O)OCc2ccccc2)C1)c1ccncc1. The second-order valence-electron chi connectivity index (χ2n) is 6.24. The largest absolute Gasteiger partial charge is 0.445 e. The van der Waals surface area contributed by atoms with Crippen LogP contribution < -0.4 is 10.6 Å². The van der Waals surface area contributed by atoms with Crippen molar-refractivity contribution in [3.05, 3.63) is 66.0 Å². The van der Waals surface area contributed by atoms with Gasteiger partial charge in [-0.1, -0.05) is 30.3 Å². The Morgan fingerprint density at radius 2 is 1.88 bits per heavy atom. The molecule has 2 aromatic rings. The van der Waals surface area contributed by atoms with Crippen LogP contribution in [-0.2, 0) is 11.3 Å². The molecule has 126 valence electrons. The summed E-state index contributed by atoms with van der Waals surface area (Å²) in [5, 5.41) is 6.49. The number of hydrogen-bond acceptors (Lipinski definition) is 4. The highest BCUT2D eigenvalue weighted by molar-refractivity contribution is 5.67. The quantitative estimate of drug-likeness (QED) is 0.856. The molecule has 0 bridgehead atoms. The van der Waals surface area contributed by atoms with Crippen LogP contribution in [0.15, 0.2) is 54.9 Å². The number of amides is 1. The van der Waals surface area contributed by atoms with Crippen molar-refractivity contribution >= 4 is 6.09 Å². The Morgan fingerprint density at radius 1 is 1.17 bits per heavy atom. The zero-order chi connectivity index (χ0) is 16.8. The molecular formula is C19H23N3O2. The summed E-state index contributed by atoms with van der Waals surface area (Å²) in [6, 6.07) is 14.6. The third kappa shape index (κ3) is 4.55. The van der Waals surface area contributed by atoms with E-state index in [0.717, 1.165) is 18.4 Å². The summed E-state index contributed by atoms with van der Waals surface area (Å²) in [6.07, 6.45) is 5.12. The standard InChI is InChI=1S/C19H23N3O2/c1-14(16-7-9-20-10-8-16)21-17-11-18(12-17)22-19(23)24-13-15-5-3-2-4-6-15/h2-10,14,17-18,21H,11-13H2,1H3,(H,22,23)/t14-,17?,18?/m0/s1. The van der Waals surface area contributed by atoms with Gasteiger partial charge in [0.05, 0.1) is 0 Å².